The minimum absolute atomic E-state index is 0.203. The number of nitrogens with zero attached hydrogens (tertiary/aromatic N) is 2. The van der Waals surface area contributed by atoms with Crippen LogP contribution in [0.2, 0.25) is 0 Å². The Labute approximate surface area is 125 Å². The SMILES string of the molecule is CC1Cc2ccc(C#N)cc2N(c2ccccc2)CCO1. The van der Waals surface area contributed by atoms with Gasteiger partial charge < -0.3 is 9.64 Å². The molecule has 2 aromatic rings. The number of rotatable bonds is 1. The Bertz CT molecular complexity index is 661. The first-order valence-corrected chi connectivity index (χ1v) is 7.25. The van der Waals surface area contributed by atoms with Crippen LogP contribution in [0.1, 0.15) is 18.1 Å². The number of hydrogen-bond acceptors (Lipinski definition) is 3. The molecule has 3 nitrogen and oxygen atoms in total. The zero-order chi connectivity index (χ0) is 14.7. The Kier molecular flexibility index (Phi) is 3.89. The number of fused-ring (bicyclic) bond motifs is 1. The Morgan fingerprint density at radius 2 is 2.00 bits per heavy atom. The van der Waals surface area contributed by atoms with E-state index in [4.69, 9.17) is 4.74 Å². The quantitative estimate of drug-likeness (QED) is 0.798. The lowest BCUT2D eigenvalue weighted by atomic mass is 10.0. The first kappa shape index (κ1) is 13.7. The molecule has 2 aromatic carbocycles. The van der Waals surface area contributed by atoms with Crippen molar-refractivity contribution in [3.63, 3.8) is 0 Å². The summed E-state index contributed by atoms with van der Waals surface area (Å²) in [7, 11) is 0. The van der Waals surface area contributed by atoms with Gasteiger partial charge in [-0.3, -0.25) is 0 Å². The largest absolute Gasteiger partial charge is 0.376 e. The number of para-hydroxylation sites is 1. The predicted molar refractivity (Wildman–Crippen MR) is 83.7 cm³/mol. The summed E-state index contributed by atoms with van der Waals surface area (Å²) in [4.78, 5) is 2.24. The van der Waals surface area contributed by atoms with Crippen LogP contribution in [0.5, 0.6) is 0 Å². The Hall–Kier alpha value is -2.31. The summed E-state index contributed by atoms with van der Waals surface area (Å²) in [6, 6.07) is 18.4. The Morgan fingerprint density at radius 3 is 2.76 bits per heavy atom. The third-order valence-corrected chi connectivity index (χ3v) is 3.80. The van der Waals surface area contributed by atoms with E-state index in [2.05, 4.69) is 36.1 Å². The van der Waals surface area contributed by atoms with Crippen LogP contribution in [0.3, 0.4) is 0 Å². The molecule has 1 atom stereocenters. The van der Waals surface area contributed by atoms with Crippen LogP contribution in [0.4, 0.5) is 11.4 Å². The summed E-state index contributed by atoms with van der Waals surface area (Å²) in [5, 5.41) is 9.18. The topological polar surface area (TPSA) is 36.3 Å². The first-order valence-electron chi connectivity index (χ1n) is 7.25. The van der Waals surface area contributed by atoms with Gasteiger partial charge in [0.25, 0.3) is 0 Å². The van der Waals surface area contributed by atoms with Gasteiger partial charge in [0.1, 0.15) is 0 Å². The molecular weight excluding hydrogens is 260 g/mol. The molecular formula is C18H18N2O. The maximum atomic E-state index is 9.18. The van der Waals surface area contributed by atoms with Crippen molar-refractivity contribution in [1.82, 2.24) is 0 Å². The highest BCUT2D eigenvalue weighted by Crippen LogP contribution is 2.31. The average molecular weight is 278 g/mol. The van der Waals surface area contributed by atoms with Crippen LogP contribution in [-0.2, 0) is 11.2 Å². The highest BCUT2D eigenvalue weighted by Gasteiger charge is 2.19. The third-order valence-electron chi connectivity index (χ3n) is 3.80. The Balaban J connectivity index is 2.10. The van der Waals surface area contributed by atoms with Gasteiger partial charge in [0.15, 0.2) is 0 Å². The van der Waals surface area contributed by atoms with Crippen LogP contribution in [-0.4, -0.2) is 19.3 Å². The molecule has 106 valence electrons. The summed E-state index contributed by atoms with van der Waals surface area (Å²) in [6.07, 6.45) is 1.07. The lowest BCUT2D eigenvalue weighted by Gasteiger charge is -2.31. The molecule has 0 saturated heterocycles. The molecule has 21 heavy (non-hydrogen) atoms. The number of benzene rings is 2. The van der Waals surface area contributed by atoms with Crippen LogP contribution in [0.25, 0.3) is 0 Å². The van der Waals surface area contributed by atoms with Gasteiger partial charge in [0.05, 0.1) is 24.3 Å². The van der Waals surface area contributed by atoms with Crippen molar-refractivity contribution in [3.05, 3.63) is 59.7 Å². The van der Waals surface area contributed by atoms with E-state index in [1.807, 2.05) is 30.3 Å². The third kappa shape index (κ3) is 2.91. The monoisotopic (exact) mass is 278 g/mol. The fraction of sp³-hybridized carbons (Fsp3) is 0.278. The van der Waals surface area contributed by atoms with Gasteiger partial charge in [-0.05, 0) is 36.8 Å². The molecule has 0 N–H and O–H groups in total. The maximum absolute atomic E-state index is 9.18. The van der Waals surface area contributed by atoms with Gasteiger partial charge in [-0.1, -0.05) is 24.3 Å². The van der Waals surface area contributed by atoms with Crippen LogP contribution < -0.4 is 4.90 Å². The fourth-order valence-electron chi connectivity index (χ4n) is 2.77. The van der Waals surface area contributed by atoms with Gasteiger partial charge in [-0.15, -0.1) is 0 Å². The van der Waals surface area contributed by atoms with Crippen molar-refractivity contribution < 1.29 is 4.74 Å². The van der Waals surface area contributed by atoms with E-state index in [1.54, 1.807) is 0 Å². The van der Waals surface area contributed by atoms with Crippen LogP contribution in [0, 0.1) is 11.3 Å². The summed E-state index contributed by atoms with van der Waals surface area (Å²) < 4.78 is 5.84. The summed E-state index contributed by atoms with van der Waals surface area (Å²) in [6.45, 7) is 3.57. The predicted octanol–water partition coefficient (Wildman–Crippen LogP) is 3.66. The van der Waals surface area contributed by atoms with Crippen molar-refractivity contribution in [2.75, 3.05) is 18.1 Å². The van der Waals surface area contributed by atoms with Crippen molar-refractivity contribution in [2.45, 2.75) is 19.4 Å². The molecule has 3 rings (SSSR count). The lowest BCUT2D eigenvalue weighted by molar-refractivity contribution is 0.0703. The van der Waals surface area contributed by atoms with E-state index in [0.29, 0.717) is 12.2 Å². The Morgan fingerprint density at radius 1 is 1.19 bits per heavy atom. The normalized spacial score (nSPS) is 18.3. The van der Waals surface area contributed by atoms with E-state index in [1.165, 1.54) is 5.56 Å². The molecule has 0 saturated carbocycles. The second-order valence-corrected chi connectivity index (χ2v) is 5.33. The molecule has 0 radical (unpaired) electrons. The van der Waals surface area contributed by atoms with Gasteiger partial charge >= 0.3 is 0 Å². The maximum Gasteiger partial charge on any atom is 0.0992 e. The number of nitriles is 1. The van der Waals surface area contributed by atoms with E-state index in [9.17, 15) is 5.26 Å². The second-order valence-electron chi connectivity index (χ2n) is 5.33. The van der Waals surface area contributed by atoms with Gasteiger partial charge in [0, 0.05) is 24.3 Å². The number of hydrogen-bond donors (Lipinski definition) is 0. The molecule has 1 aliphatic rings. The molecule has 0 spiro atoms. The van der Waals surface area contributed by atoms with Crippen LogP contribution in [0.15, 0.2) is 48.5 Å². The van der Waals surface area contributed by atoms with E-state index >= 15 is 0 Å². The van der Waals surface area contributed by atoms with Crippen molar-refractivity contribution in [2.24, 2.45) is 0 Å². The minimum Gasteiger partial charge on any atom is -0.376 e. The van der Waals surface area contributed by atoms with Gasteiger partial charge in [0.2, 0.25) is 0 Å². The van der Waals surface area contributed by atoms with Gasteiger partial charge in [-0.2, -0.15) is 5.26 Å². The highest BCUT2D eigenvalue weighted by atomic mass is 16.5. The molecule has 0 amide bonds. The van der Waals surface area contributed by atoms with E-state index in [-0.39, 0.29) is 6.10 Å². The molecule has 3 heteroatoms. The van der Waals surface area contributed by atoms with E-state index in [0.717, 1.165) is 24.3 Å². The molecule has 1 heterocycles. The van der Waals surface area contributed by atoms with Crippen molar-refractivity contribution in [1.29, 1.82) is 5.26 Å². The van der Waals surface area contributed by atoms with Gasteiger partial charge in [-0.25, -0.2) is 0 Å². The molecule has 0 aromatic heterocycles. The van der Waals surface area contributed by atoms with Crippen LogP contribution >= 0.6 is 0 Å². The zero-order valence-corrected chi connectivity index (χ0v) is 12.1. The molecule has 0 aliphatic carbocycles. The molecule has 1 unspecified atom stereocenters. The zero-order valence-electron chi connectivity index (χ0n) is 12.1. The highest BCUT2D eigenvalue weighted by molar-refractivity contribution is 5.68. The second kappa shape index (κ2) is 5.99. The standard InChI is InChI=1S/C18H18N2O/c1-14-11-16-8-7-15(13-19)12-18(16)20(9-10-21-14)17-5-3-2-4-6-17/h2-8,12,14H,9-11H2,1H3. The summed E-state index contributed by atoms with van der Waals surface area (Å²) in [5.74, 6) is 0. The molecule has 1 aliphatic heterocycles. The number of ether oxygens (including phenoxy) is 1. The van der Waals surface area contributed by atoms with Crippen molar-refractivity contribution >= 4 is 11.4 Å². The molecule has 0 fully saturated rings. The summed E-state index contributed by atoms with van der Waals surface area (Å²) >= 11 is 0. The summed E-state index contributed by atoms with van der Waals surface area (Å²) in [5.41, 5.74) is 4.18. The average Bonchev–Trinajstić information content (AvgIpc) is 2.51. The smallest absolute Gasteiger partial charge is 0.0992 e. The fourth-order valence-corrected chi connectivity index (χ4v) is 2.77. The minimum atomic E-state index is 0.203. The van der Waals surface area contributed by atoms with Crippen molar-refractivity contribution in [3.8, 4) is 6.07 Å². The lowest BCUT2D eigenvalue weighted by Crippen LogP contribution is -2.29. The number of anilines is 2. The van der Waals surface area contributed by atoms with E-state index < -0.39 is 0 Å². The molecule has 0 bridgehead atoms. The first-order chi connectivity index (χ1) is 10.3.